The van der Waals surface area contributed by atoms with Gasteiger partial charge < -0.3 is 15.4 Å². The SMILES string of the molecule is CN(C[C@H]1CCCCO1)C(=O)c1ccc(-c2cccc(N)n2)cc1. The third-order valence-electron chi connectivity index (χ3n) is 4.30. The predicted octanol–water partition coefficient (Wildman–Crippen LogP) is 2.97. The Kier molecular flexibility index (Phi) is 5.11. The molecular weight excluding hydrogens is 302 g/mol. The number of aromatic nitrogens is 1. The van der Waals surface area contributed by atoms with Crippen LogP contribution in [0, 0.1) is 0 Å². The van der Waals surface area contributed by atoms with Crippen LogP contribution in [-0.4, -0.2) is 42.1 Å². The van der Waals surface area contributed by atoms with Crippen molar-refractivity contribution in [1.29, 1.82) is 0 Å². The number of pyridine rings is 1. The molecule has 1 atom stereocenters. The van der Waals surface area contributed by atoms with Crippen LogP contribution >= 0.6 is 0 Å². The number of nitrogens with zero attached hydrogens (tertiary/aromatic N) is 2. The molecule has 3 rings (SSSR count). The molecule has 1 aromatic carbocycles. The van der Waals surface area contributed by atoms with Gasteiger partial charge in [-0.1, -0.05) is 18.2 Å². The number of nitrogens with two attached hydrogens (primary N) is 1. The zero-order valence-corrected chi connectivity index (χ0v) is 13.9. The minimum Gasteiger partial charge on any atom is -0.384 e. The summed E-state index contributed by atoms with van der Waals surface area (Å²) in [5.74, 6) is 0.496. The highest BCUT2D eigenvalue weighted by atomic mass is 16.5. The van der Waals surface area contributed by atoms with Crippen LogP contribution in [0.5, 0.6) is 0 Å². The Hall–Kier alpha value is -2.40. The van der Waals surface area contributed by atoms with Crippen molar-refractivity contribution in [3.8, 4) is 11.3 Å². The average molecular weight is 325 g/mol. The zero-order valence-electron chi connectivity index (χ0n) is 13.9. The number of rotatable bonds is 4. The van der Waals surface area contributed by atoms with Gasteiger partial charge in [0.25, 0.3) is 5.91 Å². The number of likely N-dealkylation sites (N-methyl/N-ethyl adjacent to an activating group) is 1. The average Bonchev–Trinajstić information content (AvgIpc) is 2.62. The van der Waals surface area contributed by atoms with Crippen molar-refractivity contribution in [1.82, 2.24) is 9.88 Å². The number of nitrogen functional groups attached to an aromatic ring is 1. The number of carbonyl (C=O) groups is 1. The second kappa shape index (κ2) is 7.45. The third kappa shape index (κ3) is 3.92. The predicted molar refractivity (Wildman–Crippen MR) is 94.6 cm³/mol. The lowest BCUT2D eigenvalue weighted by atomic mass is 10.1. The first-order valence-electron chi connectivity index (χ1n) is 8.33. The van der Waals surface area contributed by atoms with Crippen molar-refractivity contribution in [3.05, 3.63) is 48.0 Å². The monoisotopic (exact) mass is 325 g/mol. The van der Waals surface area contributed by atoms with Crippen LogP contribution in [-0.2, 0) is 4.74 Å². The van der Waals surface area contributed by atoms with Gasteiger partial charge in [0, 0.05) is 31.3 Å². The molecule has 0 bridgehead atoms. The minimum absolute atomic E-state index is 0.0104. The minimum atomic E-state index is 0.0104. The summed E-state index contributed by atoms with van der Waals surface area (Å²) in [7, 11) is 1.83. The number of hydrogen-bond acceptors (Lipinski definition) is 4. The highest BCUT2D eigenvalue weighted by Gasteiger charge is 2.19. The summed E-state index contributed by atoms with van der Waals surface area (Å²) in [6.07, 6.45) is 3.48. The molecule has 0 aliphatic carbocycles. The Balaban J connectivity index is 1.67. The first kappa shape index (κ1) is 16.5. The van der Waals surface area contributed by atoms with Crippen LogP contribution in [0.15, 0.2) is 42.5 Å². The fraction of sp³-hybridized carbons (Fsp3) is 0.368. The Bertz CT molecular complexity index is 694. The van der Waals surface area contributed by atoms with Gasteiger partial charge in [0.2, 0.25) is 0 Å². The maximum absolute atomic E-state index is 12.6. The molecule has 1 aromatic heterocycles. The molecule has 2 N–H and O–H groups in total. The molecule has 1 aliphatic rings. The fourth-order valence-corrected chi connectivity index (χ4v) is 2.96. The summed E-state index contributed by atoms with van der Waals surface area (Å²) in [4.78, 5) is 18.6. The van der Waals surface area contributed by atoms with Crippen LogP contribution in [0.2, 0.25) is 0 Å². The van der Waals surface area contributed by atoms with Gasteiger partial charge in [-0.25, -0.2) is 4.98 Å². The lowest BCUT2D eigenvalue weighted by Crippen LogP contribution is -2.37. The summed E-state index contributed by atoms with van der Waals surface area (Å²) in [6.45, 7) is 1.44. The summed E-state index contributed by atoms with van der Waals surface area (Å²) in [5.41, 5.74) is 8.13. The number of amides is 1. The quantitative estimate of drug-likeness (QED) is 0.938. The van der Waals surface area contributed by atoms with Gasteiger partial charge in [-0.15, -0.1) is 0 Å². The zero-order chi connectivity index (χ0) is 16.9. The normalized spacial score (nSPS) is 17.5. The Labute approximate surface area is 142 Å². The molecule has 1 aliphatic heterocycles. The van der Waals surface area contributed by atoms with Crippen molar-refractivity contribution in [2.75, 3.05) is 25.9 Å². The van der Waals surface area contributed by atoms with E-state index in [2.05, 4.69) is 4.98 Å². The van der Waals surface area contributed by atoms with E-state index in [1.165, 1.54) is 6.42 Å². The van der Waals surface area contributed by atoms with Gasteiger partial charge in [0.05, 0.1) is 11.8 Å². The van der Waals surface area contributed by atoms with Gasteiger partial charge in [-0.05, 0) is 43.5 Å². The van der Waals surface area contributed by atoms with Crippen molar-refractivity contribution in [2.45, 2.75) is 25.4 Å². The Morgan fingerprint density at radius 2 is 2.04 bits per heavy atom. The maximum atomic E-state index is 12.6. The molecule has 24 heavy (non-hydrogen) atoms. The van der Waals surface area contributed by atoms with E-state index in [9.17, 15) is 4.79 Å². The topological polar surface area (TPSA) is 68.5 Å². The number of benzene rings is 1. The second-order valence-corrected chi connectivity index (χ2v) is 6.20. The van der Waals surface area contributed by atoms with E-state index in [1.54, 1.807) is 11.0 Å². The lowest BCUT2D eigenvalue weighted by molar-refractivity contribution is -0.000186. The lowest BCUT2D eigenvalue weighted by Gasteiger charge is -2.27. The largest absolute Gasteiger partial charge is 0.384 e. The molecular formula is C19H23N3O2. The van der Waals surface area contributed by atoms with Crippen LogP contribution in [0.4, 0.5) is 5.82 Å². The van der Waals surface area contributed by atoms with Crippen molar-refractivity contribution in [2.24, 2.45) is 0 Å². The number of ether oxygens (including phenoxy) is 1. The van der Waals surface area contributed by atoms with Gasteiger partial charge in [-0.3, -0.25) is 4.79 Å². The van der Waals surface area contributed by atoms with Crippen LogP contribution < -0.4 is 5.73 Å². The Morgan fingerprint density at radius 1 is 1.25 bits per heavy atom. The molecule has 0 radical (unpaired) electrons. The molecule has 2 aromatic rings. The summed E-state index contributed by atoms with van der Waals surface area (Å²) >= 11 is 0. The van der Waals surface area contributed by atoms with Gasteiger partial charge >= 0.3 is 0 Å². The van der Waals surface area contributed by atoms with Crippen LogP contribution in [0.25, 0.3) is 11.3 Å². The van der Waals surface area contributed by atoms with E-state index in [4.69, 9.17) is 10.5 Å². The van der Waals surface area contributed by atoms with Gasteiger partial charge in [0.15, 0.2) is 0 Å². The van der Waals surface area contributed by atoms with Crippen molar-refractivity contribution in [3.63, 3.8) is 0 Å². The molecule has 1 saturated heterocycles. The molecule has 5 heteroatoms. The van der Waals surface area contributed by atoms with E-state index >= 15 is 0 Å². The smallest absolute Gasteiger partial charge is 0.253 e. The molecule has 5 nitrogen and oxygen atoms in total. The first-order valence-corrected chi connectivity index (χ1v) is 8.33. The summed E-state index contributed by atoms with van der Waals surface area (Å²) in [6, 6.07) is 13.0. The van der Waals surface area contributed by atoms with E-state index in [1.807, 2.05) is 43.4 Å². The number of hydrogen-bond donors (Lipinski definition) is 1. The van der Waals surface area contributed by atoms with E-state index in [-0.39, 0.29) is 12.0 Å². The molecule has 1 amide bonds. The molecule has 0 spiro atoms. The van der Waals surface area contributed by atoms with Crippen LogP contribution in [0.1, 0.15) is 29.6 Å². The summed E-state index contributed by atoms with van der Waals surface area (Å²) < 4.78 is 5.71. The highest BCUT2D eigenvalue weighted by Crippen LogP contribution is 2.20. The van der Waals surface area contributed by atoms with Crippen molar-refractivity contribution < 1.29 is 9.53 Å². The molecule has 126 valence electrons. The second-order valence-electron chi connectivity index (χ2n) is 6.20. The van der Waals surface area contributed by atoms with E-state index in [0.29, 0.717) is 17.9 Å². The first-order chi connectivity index (χ1) is 11.6. The molecule has 1 fully saturated rings. The molecule has 0 unspecified atom stereocenters. The maximum Gasteiger partial charge on any atom is 0.253 e. The Morgan fingerprint density at radius 3 is 2.71 bits per heavy atom. The third-order valence-corrected chi connectivity index (χ3v) is 4.30. The highest BCUT2D eigenvalue weighted by molar-refractivity contribution is 5.94. The fourth-order valence-electron chi connectivity index (χ4n) is 2.96. The van der Waals surface area contributed by atoms with Gasteiger partial charge in [0.1, 0.15) is 5.82 Å². The standard InChI is InChI=1S/C19H23N3O2/c1-22(13-16-5-2-3-12-24-16)19(23)15-10-8-14(9-11-15)17-6-4-7-18(20)21-17/h4,6-11,16H,2-3,5,12-13H2,1H3,(H2,20,21)/t16-/m1/s1. The van der Waals surface area contributed by atoms with Crippen molar-refractivity contribution >= 4 is 11.7 Å². The van der Waals surface area contributed by atoms with Gasteiger partial charge in [-0.2, -0.15) is 0 Å². The number of anilines is 1. The van der Waals surface area contributed by atoms with E-state index in [0.717, 1.165) is 30.7 Å². The van der Waals surface area contributed by atoms with Crippen LogP contribution in [0.3, 0.4) is 0 Å². The van der Waals surface area contributed by atoms with E-state index < -0.39 is 0 Å². The number of carbonyl (C=O) groups excluding carboxylic acids is 1. The molecule has 0 saturated carbocycles. The molecule has 2 heterocycles. The summed E-state index contributed by atoms with van der Waals surface area (Å²) in [5, 5.41) is 0.